The predicted octanol–water partition coefficient (Wildman–Crippen LogP) is 4.16. The van der Waals surface area contributed by atoms with Crippen LogP contribution in [0.4, 0.5) is 0 Å². The quantitative estimate of drug-likeness (QED) is 0.755. The molecule has 4 heteroatoms. The van der Waals surface area contributed by atoms with Crippen LogP contribution in [0.15, 0.2) is 24.3 Å². The Morgan fingerprint density at radius 1 is 0.783 bits per heavy atom. The highest BCUT2D eigenvalue weighted by Gasteiger charge is 2.09. The largest absolute Gasteiger partial charge is 0.352 e. The second-order valence-corrected chi connectivity index (χ2v) is 5.45. The fraction of sp³-hybridized carbons (Fsp3) is 0.579. The van der Waals surface area contributed by atoms with Crippen LogP contribution in [0, 0.1) is 0 Å². The van der Waals surface area contributed by atoms with Crippen LogP contribution in [-0.4, -0.2) is 24.9 Å². The van der Waals surface area contributed by atoms with E-state index in [2.05, 4.69) is 24.5 Å². The van der Waals surface area contributed by atoms with E-state index in [4.69, 9.17) is 0 Å². The van der Waals surface area contributed by atoms with Crippen molar-refractivity contribution < 1.29 is 9.59 Å². The lowest BCUT2D eigenvalue weighted by molar-refractivity contribution is 0.0953. The van der Waals surface area contributed by atoms with Gasteiger partial charge in [-0.2, -0.15) is 0 Å². The molecule has 0 unspecified atom stereocenters. The van der Waals surface area contributed by atoms with Crippen molar-refractivity contribution >= 4 is 11.8 Å². The van der Waals surface area contributed by atoms with Crippen LogP contribution in [0.25, 0.3) is 0 Å². The molecule has 0 bridgehead atoms. The second-order valence-electron chi connectivity index (χ2n) is 5.45. The van der Waals surface area contributed by atoms with E-state index in [9.17, 15) is 9.59 Å². The van der Waals surface area contributed by atoms with Crippen LogP contribution in [0.3, 0.4) is 0 Å². The summed E-state index contributed by atoms with van der Waals surface area (Å²) in [6.45, 7) is 9.70. The van der Waals surface area contributed by atoms with Crippen LogP contribution in [-0.2, 0) is 0 Å². The lowest BCUT2D eigenvalue weighted by Crippen LogP contribution is -2.26. The average molecular weight is 320 g/mol. The van der Waals surface area contributed by atoms with Crippen molar-refractivity contribution in [2.24, 2.45) is 0 Å². The lowest BCUT2D eigenvalue weighted by Gasteiger charge is -2.06. The van der Waals surface area contributed by atoms with Gasteiger partial charge in [-0.05, 0) is 31.0 Å². The lowest BCUT2D eigenvalue weighted by atomic mass is 10.1. The monoisotopic (exact) mass is 320 g/mol. The van der Waals surface area contributed by atoms with E-state index < -0.39 is 0 Å². The Labute approximate surface area is 141 Å². The maximum Gasteiger partial charge on any atom is 0.251 e. The summed E-state index contributed by atoms with van der Waals surface area (Å²) in [5.74, 6) is -0.274. The molecule has 0 saturated carbocycles. The van der Waals surface area contributed by atoms with Crippen LogP contribution in [0.2, 0.25) is 0 Å². The number of unbranched alkanes of at least 4 members (excludes halogenated alkanes) is 2. The van der Waals surface area contributed by atoms with Gasteiger partial charge in [0, 0.05) is 24.2 Å². The standard InChI is InChI=1S/C14H20N2O2.C5H12/c1-3-8-15-13(17)11-6-5-7-12(10-11)14(18)16-9-4-2;1-3-5-4-2/h5-7,10H,3-4,8-9H2,1-2H3,(H,15,17)(H,16,18);3-5H2,1-2H3. The molecule has 0 fully saturated rings. The van der Waals surface area contributed by atoms with Gasteiger partial charge in [0.1, 0.15) is 0 Å². The Morgan fingerprint density at radius 2 is 1.22 bits per heavy atom. The summed E-state index contributed by atoms with van der Waals surface area (Å²) < 4.78 is 0. The third kappa shape index (κ3) is 9.72. The van der Waals surface area contributed by atoms with Gasteiger partial charge in [-0.15, -0.1) is 0 Å². The molecule has 0 aliphatic rings. The van der Waals surface area contributed by atoms with Crippen LogP contribution in [0.1, 0.15) is 80.5 Å². The van der Waals surface area contributed by atoms with Crippen molar-refractivity contribution in [3.05, 3.63) is 35.4 Å². The zero-order valence-electron chi connectivity index (χ0n) is 15.1. The molecular formula is C19H32N2O2. The minimum absolute atomic E-state index is 0.137. The molecule has 0 spiro atoms. The minimum Gasteiger partial charge on any atom is -0.352 e. The van der Waals surface area contributed by atoms with Crippen LogP contribution in [0.5, 0.6) is 0 Å². The number of benzene rings is 1. The number of hydrogen-bond acceptors (Lipinski definition) is 2. The van der Waals surface area contributed by atoms with Crippen molar-refractivity contribution in [1.29, 1.82) is 0 Å². The molecule has 1 rings (SSSR count). The van der Waals surface area contributed by atoms with Crippen LogP contribution < -0.4 is 10.6 Å². The molecule has 0 radical (unpaired) electrons. The first-order valence-electron chi connectivity index (χ1n) is 8.77. The molecule has 0 saturated heterocycles. The highest BCUT2D eigenvalue weighted by atomic mass is 16.2. The van der Waals surface area contributed by atoms with Crippen molar-refractivity contribution in [2.45, 2.75) is 59.8 Å². The zero-order valence-corrected chi connectivity index (χ0v) is 15.1. The van der Waals surface area contributed by atoms with Gasteiger partial charge in [0.15, 0.2) is 0 Å². The van der Waals surface area contributed by atoms with Gasteiger partial charge in [-0.3, -0.25) is 9.59 Å². The highest BCUT2D eigenvalue weighted by Crippen LogP contribution is 2.05. The fourth-order valence-corrected chi connectivity index (χ4v) is 1.84. The molecule has 130 valence electrons. The molecule has 0 heterocycles. The molecule has 2 amide bonds. The summed E-state index contributed by atoms with van der Waals surface area (Å²) >= 11 is 0. The SMILES string of the molecule is CCCCC.CCCNC(=O)c1cccc(C(=O)NCCC)c1. The van der Waals surface area contributed by atoms with Crippen LogP contribution >= 0.6 is 0 Å². The highest BCUT2D eigenvalue weighted by molar-refractivity contribution is 5.99. The molecule has 2 N–H and O–H groups in total. The number of nitrogens with one attached hydrogen (secondary N) is 2. The summed E-state index contributed by atoms with van der Waals surface area (Å²) in [6, 6.07) is 6.76. The number of amides is 2. The van der Waals surface area contributed by atoms with E-state index in [1.165, 1.54) is 19.3 Å². The van der Waals surface area contributed by atoms with E-state index >= 15 is 0 Å². The molecule has 1 aromatic rings. The predicted molar refractivity (Wildman–Crippen MR) is 96.9 cm³/mol. The molecule has 4 nitrogen and oxygen atoms in total. The first-order valence-corrected chi connectivity index (χ1v) is 8.77. The Morgan fingerprint density at radius 3 is 1.52 bits per heavy atom. The Kier molecular flexibility index (Phi) is 12.7. The molecule has 0 aromatic heterocycles. The van der Waals surface area contributed by atoms with E-state index in [0.29, 0.717) is 24.2 Å². The van der Waals surface area contributed by atoms with Gasteiger partial charge in [-0.1, -0.05) is 53.0 Å². The Balaban J connectivity index is 0.000000841. The van der Waals surface area contributed by atoms with E-state index in [-0.39, 0.29) is 11.8 Å². The zero-order chi connectivity index (χ0) is 17.5. The molecule has 0 aliphatic heterocycles. The topological polar surface area (TPSA) is 58.2 Å². The Bertz CT molecular complexity index is 421. The number of rotatable bonds is 8. The third-order valence-corrected chi connectivity index (χ3v) is 3.17. The summed E-state index contributed by atoms with van der Waals surface area (Å²) in [5.41, 5.74) is 1.04. The molecular weight excluding hydrogens is 288 g/mol. The molecule has 1 aromatic carbocycles. The Hall–Kier alpha value is -1.84. The molecule has 0 atom stereocenters. The number of carbonyl (C=O) groups excluding carboxylic acids is 2. The molecule has 0 aliphatic carbocycles. The number of hydrogen-bond donors (Lipinski definition) is 2. The van der Waals surface area contributed by atoms with E-state index in [1.54, 1.807) is 24.3 Å². The summed E-state index contributed by atoms with van der Waals surface area (Å²) in [7, 11) is 0. The maximum absolute atomic E-state index is 11.7. The first-order chi connectivity index (χ1) is 11.1. The van der Waals surface area contributed by atoms with Crippen molar-refractivity contribution in [1.82, 2.24) is 10.6 Å². The average Bonchev–Trinajstić information content (AvgIpc) is 2.58. The van der Waals surface area contributed by atoms with Gasteiger partial charge in [0.2, 0.25) is 0 Å². The smallest absolute Gasteiger partial charge is 0.251 e. The first kappa shape index (κ1) is 21.2. The maximum atomic E-state index is 11.7. The summed E-state index contributed by atoms with van der Waals surface area (Å²) in [5, 5.41) is 5.57. The van der Waals surface area contributed by atoms with Gasteiger partial charge >= 0.3 is 0 Å². The van der Waals surface area contributed by atoms with Crippen molar-refractivity contribution in [3.63, 3.8) is 0 Å². The number of carbonyl (C=O) groups is 2. The van der Waals surface area contributed by atoms with Gasteiger partial charge < -0.3 is 10.6 Å². The van der Waals surface area contributed by atoms with Crippen molar-refractivity contribution in [3.8, 4) is 0 Å². The van der Waals surface area contributed by atoms with E-state index in [0.717, 1.165) is 12.8 Å². The second kappa shape index (κ2) is 13.8. The van der Waals surface area contributed by atoms with E-state index in [1.807, 2.05) is 13.8 Å². The minimum atomic E-state index is -0.137. The normalized spacial score (nSPS) is 9.57. The van der Waals surface area contributed by atoms with Gasteiger partial charge in [-0.25, -0.2) is 0 Å². The van der Waals surface area contributed by atoms with Gasteiger partial charge in [0.05, 0.1) is 0 Å². The third-order valence-electron chi connectivity index (χ3n) is 3.17. The summed E-state index contributed by atoms with van der Waals surface area (Å²) in [6.07, 6.45) is 5.86. The summed E-state index contributed by atoms with van der Waals surface area (Å²) in [4.78, 5) is 23.5. The fourth-order valence-electron chi connectivity index (χ4n) is 1.84. The molecule has 23 heavy (non-hydrogen) atoms. The van der Waals surface area contributed by atoms with Gasteiger partial charge in [0.25, 0.3) is 11.8 Å². The van der Waals surface area contributed by atoms with Crippen molar-refractivity contribution in [2.75, 3.05) is 13.1 Å².